The Morgan fingerprint density at radius 2 is 1.84 bits per heavy atom. The molecule has 6 nitrogen and oxygen atoms in total. The van der Waals surface area contributed by atoms with Crippen molar-refractivity contribution >= 4 is 39.1 Å². The van der Waals surface area contributed by atoms with Crippen LogP contribution in [-0.4, -0.2) is 35.8 Å². The Balaban J connectivity index is 3.04. The van der Waals surface area contributed by atoms with Crippen molar-refractivity contribution in [3.05, 3.63) is 20.8 Å². The molecule has 0 fully saturated rings. The zero-order chi connectivity index (χ0) is 14.6. The minimum atomic E-state index is -0.525. The van der Waals surface area contributed by atoms with Crippen LogP contribution >= 0.6 is 27.3 Å². The van der Waals surface area contributed by atoms with E-state index in [4.69, 9.17) is 17.2 Å². The van der Waals surface area contributed by atoms with E-state index in [9.17, 15) is 9.59 Å². The molecular formula is C11H17BrN4O2S. The Hall–Kier alpha value is -0.960. The zero-order valence-corrected chi connectivity index (χ0v) is 12.9. The molecule has 1 heterocycles. The number of thiophene rings is 1. The smallest absolute Gasteiger partial charge is 0.231 e. The molecule has 2 atom stereocenters. The summed E-state index contributed by atoms with van der Waals surface area (Å²) >= 11 is 4.87. The molecular weight excluding hydrogens is 332 g/mol. The normalized spacial score (nSPS) is 14.3. The predicted octanol–water partition coefficient (Wildman–Crippen LogP) is 0.172. The predicted molar refractivity (Wildman–Crippen MR) is 78.4 cm³/mol. The molecule has 106 valence electrons. The number of carbonyl (C=O) groups is 2. The highest BCUT2D eigenvalue weighted by Gasteiger charge is 2.27. The summed E-state index contributed by atoms with van der Waals surface area (Å²) in [5.74, 6) is -1.05. The van der Waals surface area contributed by atoms with E-state index in [1.165, 1.54) is 11.3 Å². The van der Waals surface area contributed by atoms with Gasteiger partial charge in [0.2, 0.25) is 11.8 Å². The van der Waals surface area contributed by atoms with E-state index in [0.717, 1.165) is 8.66 Å². The van der Waals surface area contributed by atoms with Gasteiger partial charge >= 0.3 is 0 Å². The van der Waals surface area contributed by atoms with Gasteiger partial charge in [0, 0.05) is 10.9 Å². The van der Waals surface area contributed by atoms with Crippen LogP contribution in [0.15, 0.2) is 15.9 Å². The van der Waals surface area contributed by atoms with Crippen LogP contribution in [0.25, 0.3) is 0 Å². The van der Waals surface area contributed by atoms with Crippen molar-refractivity contribution in [2.75, 3.05) is 13.1 Å². The molecule has 0 saturated carbocycles. The molecule has 0 aliphatic heterocycles. The summed E-state index contributed by atoms with van der Waals surface area (Å²) in [5, 5.41) is 0. The van der Waals surface area contributed by atoms with E-state index in [0.29, 0.717) is 0 Å². The van der Waals surface area contributed by atoms with Gasteiger partial charge < -0.3 is 17.2 Å². The third kappa shape index (κ3) is 4.90. The van der Waals surface area contributed by atoms with Crippen molar-refractivity contribution in [1.82, 2.24) is 4.90 Å². The molecule has 8 heteroatoms. The number of halogens is 1. The Kier molecular flexibility index (Phi) is 5.92. The van der Waals surface area contributed by atoms with Gasteiger partial charge in [-0.25, -0.2) is 0 Å². The molecule has 0 aliphatic rings. The standard InChI is InChI=1S/C11H17BrN4O2S/c1-6(13)11(7-2-3-8(12)19-7)16(4-9(14)17)5-10(15)18/h2-3,6,11H,4-5,13H2,1H3,(H2,14,17)(H2,15,18). The number of hydrogen-bond donors (Lipinski definition) is 3. The Bertz CT molecular complexity index is 447. The van der Waals surface area contributed by atoms with Crippen LogP contribution in [0.4, 0.5) is 0 Å². The number of hydrogen-bond acceptors (Lipinski definition) is 5. The number of rotatable bonds is 7. The number of nitrogens with two attached hydrogens (primary N) is 3. The summed E-state index contributed by atoms with van der Waals surface area (Å²) in [6, 6.07) is 3.24. The van der Waals surface area contributed by atoms with Gasteiger partial charge in [-0.05, 0) is 35.0 Å². The van der Waals surface area contributed by atoms with Gasteiger partial charge in [0.25, 0.3) is 0 Å². The molecule has 0 aliphatic carbocycles. The highest BCUT2D eigenvalue weighted by Crippen LogP contribution is 2.32. The summed E-state index contributed by atoms with van der Waals surface area (Å²) in [6.45, 7) is 1.68. The summed E-state index contributed by atoms with van der Waals surface area (Å²) in [5.41, 5.74) is 16.4. The van der Waals surface area contributed by atoms with Gasteiger partial charge in [0.05, 0.1) is 22.9 Å². The minimum absolute atomic E-state index is 0.0648. The Morgan fingerprint density at radius 3 is 2.16 bits per heavy atom. The van der Waals surface area contributed by atoms with Crippen molar-refractivity contribution in [2.45, 2.75) is 19.0 Å². The molecule has 0 spiro atoms. The van der Waals surface area contributed by atoms with Crippen LogP contribution in [0.2, 0.25) is 0 Å². The van der Waals surface area contributed by atoms with E-state index in [1.54, 1.807) is 4.90 Å². The minimum Gasteiger partial charge on any atom is -0.369 e. The topological polar surface area (TPSA) is 115 Å². The first-order valence-electron chi connectivity index (χ1n) is 5.62. The third-order valence-electron chi connectivity index (χ3n) is 2.49. The first-order chi connectivity index (χ1) is 8.81. The van der Waals surface area contributed by atoms with Crippen molar-refractivity contribution < 1.29 is 9.59 Å². The van der Waals surface area contributed by atoms with Crippen LogP contribution in [0.3, 0.4) is 0 Å². The van der Waals surface area contributed by atoms with Crippen molar-refractivity contribution in [2.24, 2.45) is 17.2 Å². The quantitative estimate of drug-likeness (QED) is 0.651. The van der Waals surface area contributed by atoms with Crippen LogP contribution in [0, 0.1) is 0 Å². The Morgan fingerprint density at radius 1 is 1.32 bits per heavy atom. The fraction of sp³-hybridized carbons (Fsp3) is 0.455. The van der Waals surface area contributed by atoms with Crippen LogP contribution in [0.5, 0.6) is 0 Å². The van der Waals surface area contributed by atoms with E-state index in [1.807, 2.05) is 19.1 Å². The van der Waals surface area contributed by atoms with Crippen LogP contribution in [-0.2, 0) is 9.59 Å². The van der Waals surface area contributed by atoms with E-state index in [-0.39, 0.29) is 25.2 Å². The average Bonchev–Trinajstić information content (AvgIpc) is 2.62. The molecule has 2 unspecified atom stereocenters. The van der Waals surface area contributed by atoms with Crippen molar-refractivity contribution in [3.63, 3.8) is 0 Å². The monoisotopic (exact) mass is 348 g/mol. The van der Waals surface area contributed by atoms with E-state index >= 15 is 0 Å². The number of nitrogens with zero attached hydrogens (tertiary/aromatic N) is 1. The molecule has 6 N–H and O–H groups in total. The lowest BCUT2D eigenvalue weighted by molar-refractivity contribution is -0.123. The molecule has 0 bridgehead atoms. The van der Waals surface area contributed by atoms with Gasteiger partial charge in [0.1, 0.15) is 0 Å². The largest absolute Gasteiger partial charge is 0.369 e. The average molecular weight is 349 g/mol. The van der Waals surface area contributed by atoms with Gasteiger partial charge in [-0.15, -0.1) is 11.3 Å². The molecule has 0 radical (unpaired) electrons. The number of carbonyl (C=O) groups excluding carboxylic acids is 2. The highest BCUT2D eigenvalue weighted by molar-refractivity contribution is 9.11. The van der Waals surface area contributed by atoms with Crippen molar-refractivity contribution in [1.29, 1.82) is 0 Å². The lowest BCUT2D eigenvalue weighted by Gasteiger charge is -2.31. The van der Waals surface area contributed by atoms with Crippen molar-refractivity contribution in [3.8, 4) is 0 Å². The molecule has 2 amide bonds. The van der Waals surface area contributed by atoms with Crippen LogP contribution < -0.4 is 17.2 Å². The Labute approximate surface area is 124 Å². The molecule has 19 heavy (non-hydrogen) atoms. The summed E-state index contributed by atoms with van der Waals surface area (Å²) in [4.78, 5) is 24.8. The van der Waals surface area contributed by atoms with Gasteiger partial charge in [-0.3, -0.25) is 14.5 Å². The maximum atomic E-state index is 11.1. The molecule has 0 saturated heterocycles. The lowest BCUT2D eigenvalue weighted by Crippen LogP contribution is -2.46. The highest BCUT2D eigenvalue weighted by atomic mass is 79.9. The number of amides is 2. The maximum Gasteiger partial charge on any atom is 0.231 e. The van der Waals surface area contributed by atoms with Crippen LogP contribution in [0.1, 0.15) is 17.8 Å². The molecule has 1 rings (SSSR count). The maximum absolute atomic E-state index is 11.1. The first kappa shape index (κ1) is 16.1. The molecule has 1 aromatic heterocycles. The van der Waals surface area contributed by atoms with E-state index < -0.39 is 11.8 Å². The number of primary amides is 2. The summed E-state index contributed by atoms with van der Waals surface area (Å²) in [7, 11) is 0. The zero-order valence-electron chi connectivity index (χ0n) is 10.5. The first-order valence-corrected chi connectivity index (χ1v) is 7.23. The molecule has 1 aromatic rings. The molecule has 0 aromatic carbocycles. The fourth-order valence-corrected chi connectivity index (χ4v) is 3.59. The summed E-state index contributed by atoms with van der Waals surface area (Å²) in [6.07, 6.45) is 0. The SMILES string of the molecule is CC(N)C(c1ccc(Br)s1)N(CC(N)=O)CC(N)=O. The second-order valence-electron chi connectivity index (χ2n) is 4.28. The van der Waals surface area contributed by atoms with Gasteiger partial charge in [-0.2, -0.15) is 0 Å². The van der Waals surface area contributed by atoms with Gasteiger partial charge in [0.15, 0.2) is 0 Å². The van der Waals surface area contributed by atoms with E-state index in [2.05, 4.69) is 15.9 Å². The lowest BCUT2D eigenvalue weighted by atomic mass is 10.1. The summed E-state index contributed by atoms with van der Waals surface area (Å²) < 4.78 is 0.950. The fourth-order valence-electron chi connectivity index (χ4n) is 1.91. The second kappa shape index (κ2) is 6.99. The van der Waals surface area contributed by atoms with Gasteiger partial charge in [-0.1, -0.05) is 0 Å². The third-order valence-corrected chi connectivity index (χ3v) is 4.19. The second-order valence-corrected chi connectivity index (χ2v) is 6.78.